The molecule has 1 aromatic carbocycles. The molecule has 0 heterocycles. The molecule has 16 heavy (non-hydrogen) atoms. The fraction of sp³-hybridized carbons (Fsp3) is 0. The third-order valence-corrected chi connectivity index (χ3v) is 2.43. The van der Waals surface area contributed by atoms with Crippen molar-refractivity contribution >= 4 is 21.5 Å². The van der Waals surface area contributed by atoms with Crippen LogP contribution in [0.25, 0.3) is 0 Å². The van der Waals surface area contributed by atoms with Crippen LogP contribution in [0.4, 0.5) is 11.4 Å². The Morgan fingerprint density at radius 2 is 1.62 bits per heavy atom. The third-order valence-electron chi connectivity index (χ3n) is 1.58. The van der Waals surface area contributed by atoms with Crippen LogP contribution in [-0.2, 0) is 10.1 Å². The predicted molar refractivity (Wildman–Crippen MR) is 53.7 cm³/mol. The second-order valence-corrected chi connectivity index (χ2v) is 3.98. The summed E-state index contributed by atoms with van der Waals surface area (Å²) in [6.07, 6.45) is 0. The Hall–Kier alpha value is -2.07. The fourth-order valence-electron chi connectivity index (χ4n) is 0.953. The zero-order chi connectivity index (χ0) is 12.2. The SMILES string of the molecule is NN=Nc1ccc(S(=O)(=O)O)cc1N=NN. The zero-order valence-electron chi connectivity index (χ0n) is 7.85. The number of nitrogens with two attached hydrogens (primary N) is 2. The minimum atomic E-state index is -4.32. The number of hydrogen-bond donors (Lipinski definition) is 3. The molecule has 0 aromatic heterocycles. The number of hydrogen-bond acceptors (Lipinski definition) is 6. The van der Waals surface area contributed by atoms with E-state index in [0.29, 0.717) is 0 Å². The summed E-state index contributed by atoms with van der Waals surface area (Å²) in [5.41, 5.74) is 0.191. The summed E-state index contributed by atoms with van der Waals surface area (Å²) in [7, 11) is -4.32. The van der Waals surface area contributed by atoms with Gasteiger partial charge in [-0.15, -0.1) is 10.2 Å². The number of rotatable bonds is 3. The Bertz CT molecular complexity index is 537. The molecule has 1 rings (SSSR count). The highest BCUT2D eigenvalue weighted by Gasteiger charge is 2.12. The van der Waals surface area contributed by atoms with E-state index < -0.39 is 10.1 Å². The molecule has 0 fully saturated rings. The molecule has 0 amide bonds. The van der Waals surface area contributed by atoms with Gasteiger partial charge in [-0.3, -0.25) is 4.55 Å². The van der Waals surface area contributed by atoms with Gasteiger partial charge in [0.2, 0.25) is 0 Å². The first-order valence-electron chi connectivity index (χ1n) is 3.82. The largest absolute Gasteiger partial charge is 0.305 e. The van der Waals surface area contributed by atoms with Crippen molar-refractivity contribution in [2.75, 3.05) is 0 Å². The lowest BCUT2D eigenvalue weighted by molar-refractivity contribution is 0.483. The first kappa shape index (κ1) is 12.0. The van der Waals surface area contributed by atoms with Crippen LogP contribution in [0, 0.1) is 0 Å². The monoisotopic (exact) mass is 244 g/mol. The van der Waals surface area contributed by atoms with Gasteiger partial charge < -0.3 is 11.7 Å². The lowest BCUT2D eigenvalue weighted by Crippen LogP contribution is -1.97. The Morgan fingerprint density at radius 3 is 2.12 bits per heavy atom. The molecular formula is C6H8N6O3S. The van der Waals surface area contributed by atoms with E-state index in [4.69, 9.17) is 16.2 Å². The van der Waals surface area contributed by atoms with Crippen molar-refractivity contribution in [3.63, 3.8) is 0 Å². The van der Waals surface area contributed by atoms with E-state index in [1.54, 1.807) is 0 Å². The molecule has 0 radical (unpaired) electrons. The maximum Gasteiger partial charge on any atom is 0.294 e. The van der Waals surface area contributed by atoms with Crippen molar-refractivity contribution in [3.8, 4) is 0 Å². The summed E-state index contributed by atoms with van der Waals surface area (Å²) in [6, 6.07) is 3.41. The van der Waals surface area contributed by atoms with Crippen molar-refractivity contribution < 1.29 is 13.0 Å². The van der Waals surface area contributed by atoms with Crippen LogP contribution in [0.1, 0.15) is 0 Å². The number of benzene rings is 1. The van der Waals surface area contributed by atoms with E-state index >= 15 is 0 Å². The molecule has 1 aromatic rings. The van der Waals surface area contributed by atoms with Gasteiger partial charge in [0.25, 0.3) is 10.1 Å². The van der Waals surface area contributed by atoms with Crippen molar-refractivity contribution in [1.29, 1.82) is 0 Å². The second-order valence-electron chi connectivity index (χ2n) is 2.56. The average molecular weight is 244 g/mol. The van der Waals surface area contributed by atoms with Gasteiger partial charge in [-0.25, -0.2) is 0 Å². The Kier molecular flexibility index (Phi) is 3.48. The summed E-state index contributed by atoms with van der Waals surface area (Å²) in [5.74, 6) is 9.66. The number of nitrogens with zero attached hydrogens (tertiary/aromatic N) is 4. The quantitative estimate of drug-likeness (QED) is 0.311. The molecule has 0 saturated heterocycles. The van der Waals surface area contributed by atoms with Crippen molar-refractivity contribution in [3.05, 3.63) is 18.2 Å². The van der Waals surface area contributed by atoms with Crippen LogP contribution < -0.4 is 11.7 Å². The minimum Gasteiger partial charge on any atom is -0.305 e. The maximum absolute atomic E-state index is 10.8. The van der Waals surface area contributed by atoms with Crippen molar-refractivity contribution in [1.82, 2.24) is 0 Å². The smallest absolute Gasteiger partial charge is 0.294 e. The van der Waals surface area contributed by atoms with Crippen LogP contribution in [0.15, 0.2) is 43.8 Å². The molecule has 0 aliphatic carbocycles. The highest BCUT2D eigenvalue weighted by Crippen LogP contribution is 2.30. The summed E-state index contributed by atoms with van der Waals surface area (Å²) >= 11 is 0. The average Bonchev–Trinajstić information content (AvgIpc) is 2.19. The molecular weight excluding hydrogens is 236 g/mol. The van der Waals surface area contributed by atoms with E-state index in [0.717, 1.165) is 12.1 Å². The molecule has 0 aliphatic rings. The highest BCUT2D eigenvalue weighted by molar-refractivity contribution is 7.85. The molecule has 0 saturated carbocycles. The van der Waals surface area contributed by atoms with Gasteiger partial charge in [0.1, 0.15) is 11.4 Å². The van der Waals surface area contributed by atoms with E-state index in [1.165, 1.54) is 6.07 Å². The molecule has 10 heteroatoms. The topological polar surface area (TPSA) is 156 Å². The van der Waals surface area contributed by atoms with Crippen LogP contribution in [0.5, 0.6) is 0 Å². The Balaban J connectivity index is 3.39. The molecule has 86 valence electrons. The molecule has 0 aliphatic heterocycles. The van der Waals surface area contributed by atoms with Gasteiger partial charge in [0.15, 0.2) is 0 Å². The highest BCUT2D eigenvalue weighted by atomic mass is 32.2. The van der Waals surface area contributed by atoms with Gasteiger partial charge in [-0.2, -0.15) is 8.42 Å². The van der Waals surface area contributed by atoms with E-state index in [-0.39, 0.29) is 16.3 Å². The Morgan fingerprint density at radius 1 is 1.06 bits per heavy atom. The van der Waals surface area contributed by atoms with E-state index in [2.05, 4.69) is 20.7 Å². The molecule has 0 bridgehead atoms. The lowest BCUT2D eigenvalue weighted by atomic mass is 10.3. The van der Waals surface area contributed by atoms with Gasteiger partial charge in [-0.05, 0) is 18.2 Å². The molecule has 5 N–H and O–H groups in total. The maximum atomic E-state index is 10.8. The van der Waals surface area contributed by atoms with Crippen molar-refractivity contribution in [2.45, 2.75) is 4.90 Å². The lowest BCUT2D eigenvalue weighted by Gasteiger charge is -2.00. The third kappa shape index (κ3) is 2.71. The fourth-order valence-corrected chi connectivity index (χ4v) is 1.45. The summed E-state index contributed by atoms with van der Waals surface area (Å²) in [5, 5.41) is 12.9. The second kappa shape index (κ2) is 4.63. The normalized spacial score (nSPS) is 12.6. The standard InChI is InChI=1S/C6H8N6O3S/c7-11-9-5-2-1-4(16(13,14)15)3-6(5)10-12-8/h1-3H,(H2,7,9)(H2,8,10)(H,13,14,15). The van der Waals surface area contributed by atoms with Crippen LogP contribution in [0.2, 0.25) is 0 Å². The van der Waals surface area contributed by atoms with Crippen LogP contribution in [-0.4, -0.2) is 13.0 Å². The van der Waals surface area contributed by atoms with Crippen LogP contribution >= 0.6 is 0 Å². The van der Waals surface area contributed by atoms with E-state index in [9.17, 15) is 8.42 Å². The van der Waals surface area contributed by atoms with Gasteiger partial charge in [0, 0.05) is 0 Å². The molecule has 0 atom stereocenters. The zero-order valence-corrected chi connectivity index (χ0v) is 8.66. The molecule has 9 nitrogen and oxygen atoms in total. The Labute approximate surface area is 90.6 Å². The van der Waals surface area contributed by atoms with Gasteiger partial charge in [-0.1, -0.05) is 10.4 Å². The van der Waals surface area contributed by atoms with E-state index in [1.807, 2.05) is 0 Å². The van der Waals surface area contributed by atoms with Gasteiger partial charge in [0.05, 0.1) is 4.90 Å². The first-order chi connectivity index (χ1) is 7.49. The molecule has 0 spiro atoms. The summed E-state index contributed by atoms with van der Waals surface area (Å²) < 4.78 is 30.5. The predicted octanol–water partition coefficient (Wildman–Crippen LogP) is 0.848. The molecule has 0 unspecified atom stereocenters. The van der Waals surface area contributed by atoms with Crippen molar-refractivity contribution in [2.24, 2.45) is 32.4 Å². The minimum absolute atomic E-state index is 0.0202. The summed E-state index contributed by atoms with van der Waals surface area (Å²) in [6.45, 7) is 0. The van der Waals surface area contributed by atoms with Crippen LogP contribution in [0.3, 0.4) is 0 Å². The first-order valence-corrected chi connectivity index (χ1v) is 5.26. The van der Waals surface area contributed by atoms with Gasteiger partial charge >= 0.3 is 0 Å². The summed E-state index contributed by atoms with van der Waals surface area (Å²) in [4.78, 5) is -0.356.